The zero-order valence-electron chi connectivity index (χ0n) is 16.8. The van der Waals surface area contributed by atoms with Gasteiger partial charge in [-0.05, 0) is 47.9 Å². The molecule has 4 heterocycles. The van der Waals surface area contributed by atoms with E-state index in [1.54, 1.807) is 48.8 Å². The number of aromatic nitrogens is 2. The number of anilines is 2. The van der Waals surface area contributed by atoms with E-state index in [0.29, 0.717) is 11.6 Å². The Morgan fingerprint density at radius 2 is 0.969 bits per heavy atom. The SMILES string of the molecule is O=C1[C@@H]2[C@H]3C=C[C@@H]([C@@H]2C(=O)N1c1ccccn1)[C@@H]1[C@@H]2C(=O)N(c4ccccn4)C(=O)[C@H]2[C@@H]31. The van der Waals surface area contributed by atoms with Crippen molar-refractivity contribution in [2.75, 3.05) is 9.80 Å². The highest BCUT2D eigenvalue weighted by Crippen LogP contribution is 2.68. The highest BCUT2D eigenvalue weighted by Gasteiger charge is 2.75. The van der Waals surface area contributed by atoms with E-state index in [-0.39, 0.29) is 47.3 Å². The normalized spacial score (nSPS) is 38.6. The van der Waals surface area contributed by atoms with Gasteiger partial charge in [-0.2, -0.15) is 0 Å². The first-order valence-electron chi connectivity index (χ1n) is 10.9. The molecule has 4 fully saturated rings. The van der Waals surface area contributed by atoms with Crippen molar-refractivity contribution in [2.45, 2.75) is 0 Å². The lowest BCUT2D eigenvalue weighted by Crippen LogP contribution is -2.63. The van der Waals surface area contributed by atoms with Crippen molar-refractivity contribution in [3.8, 4) is 0 Å². The Morgan fingerprint density at radius 3 is 1.34 bits per heavy atom. The second-order valence-corrected chi connectivity index (χ2v) is 9.20. The van der Waals surface area contributed by atoms with Crippen LogP contribution in [0.2, 0.25) is 0 Å². The van der Waals surface area contributed by atoms with Gasteiger partial charge in [0.15, 0.2) is 0 Å². The van der Waals surface area contributed by atoms with Gasteiger partial charge in [0.2, 0.25) is 23.6 Å². The van der Waals surface area contributed by atoms with Crippen LogP contribution in [0.4, 0.5) is 11.6 Å². The molecule has 2 saturated heterocycles. The maximum Gasteiger partial charge on any atom is 0.239 e. The van der Waals surface area contributed by atoms with Crippen molar-refractivity contribution in [3.05, 3.63) is 60.9 Å². The van der Waals surface area contributed by atoms with Crippen LogP contribution in [0.1, 0.15) is 0 Å². The van der Waals surface area contributed by atoms with Gasteiger partial charge in [-0.1, -0.05) is 24.3 Å². The Labute approximate surface area is 182 Å². The van der Waals surface area contributed by atoms with Gasteiger partial charge >= 0.3 is 0 Å². The number of imide groups is 2. The number of carbonyl (C=O) groups is 4. The number of rotatable bonds is 2. The molecule has 8 rings (SSSR count). The molecule has 0 spiro atoms. The molecule has 8 nitrogen and oxygen atoms in total. The first-order chi connectivity index (χ1) is 15.6. The van der Waals surface area contributed by atoms with Gasteiger partial charge in [-0.15, -0.1) is 0 Å². The number of hydrogen-bond acceptors (Lipinski definition) is 6. The third-order valence-electron chi connectivity index (χ3n) is 8.10. The van der Waals surface area contributed by atoms with Gasteiger partial charge < -0.3 is 0 Å². The van der Waals surface area contributed by atoms with E-state index in [1.807, 2.05) is 12.2 Å². The van der Waals surface area contributed by atoms with Gasteiger partial charge in [0.25, 0.3) is 0 Å². The average Bonchev–Trinajstić information content (AvgIpc) is 3.19. The van der Waals surface area contributed by atoms with E-state index < -0.39 is 23.7 Å². The first-order valence-corrected chi connectivity index (χ1v) is 10.9. The second-order valence-electron chi connectivity index (χ2n) is 9.20. The van der Waals surface area contributed by atoms with Crippen molar-refractivity contribution in [3.63, 3.8) is 0 Å². The molecule has 0 unspecified atom stereocenters. The number of pyridine rings is 2. The van der Waals surface area contributed by atoms with E-state index >= 15 is 0 Å². The largest absolute Gasteiger partial charge is 0.274 e. The summed E-state index contributed by atoms with van der Waals surface area (Å²) >= 11 is 0. The summed E-state index contributed by atoms with van der Waals surface area (Å²) in [6.07, 6.45) is 7.11. The molecule has 0 aromatic carbocycles. The molecule has 158 valence electrons. The topological polar surface area (TPSA) is 101 Å². The van der Waals surface area contributed by atoms with Gasteiger partial charge in [0, 0.05) is 12.4 Å². The van der Waals surface area contributed by atoms with Crippen molar-refractivity contribution in [2.24, 2.45) is 47.3 Å². The third-order valence-corrected chi connectivity index (χ3v) is 8.10. The summed E-state index contributed by atoms with van der Waals surface area (Å²) in [5, 5.41) is 0. The van der Waals surface area contributed by atoms with Gasteiger partial charge in [-0.25, -0.2) is 19.8 Å². The quantitative estimate of drug-likeness (QED) is 0.532. The minimum Gasteiger partial charge on any atom is -0.274 e. The van der Waals surface area contributed by atoms with E-state index in [9.17, 15) is 19.2 Å². The van der Waals surface area contributed by atoms with E-state index in [2.05, 4.69) is 9.97 Å². The van der Waals surface area contributed by atoms with Crippen molar-refractivity contribution in [1.82, 2.24) is 9.97 Å². The number of carbonyl (C=O) groups excluding carboxylic acids is 4. The summed E-state index contributed by atoms with van der Waals surface area (Å²) in [5.74, 6) is -2.93. The average molecular weight is 426 g/mol. The fourth-order valence-corrected chi connectivity index (χ4v) is 7.02. The zero-order valence-corrected chi connectivity index (χ0v) is 16.8. The van der Waals surface area contributed by atoms with Crippen LogP contribution in [-0.2, 0) is 19.2 Å². The van der Waals surface area contributed by atoms with Crippen LogP contribution < -0.4 is 9.80 Å². The van der Waals surface area contributed by atoms with Crippen LogP contribution >= 0.6 is 0 Å². The van der Waals surface area contributed by atoms with E-state index in [4.69, 9.17) is 0 Å². The lowest BCUT2D eigenvalue weighted by atomic mass is 9.40. The molecule has 8 atom stereocenters. The van der Waals surface area contributed by atoms with Crippen molar-refractivity contribution in [1.29, 1.82) is 0 Å². The van der Waals surface area contributed by atoms with Crippen LogP contribution in [0.3, 0.4) is 0 Å². The molecule has 4 aliphatic carbocycles. The molecule has 8 heteroatoms. The maximum atomic E-state index is 13.4. The summed E-state index contributed by atoms with van der Waals surface area (Å²) in [7, 11) is 0. The molecule has 2 aliphatic heterocycles. The molecule has 0 radical (unpaired) electrons. The van der Waals surface area contributed by atoms with Crippen LogP contribution in [0.15, 0.2) is 60.9 Å². The Kier molecular flexibility index (Phi) is 3.35. The zero-order chi connectivity index (χ0) is 21.7. The molecule has 32 heavy (non-hydrogen) atoms. The molecular formula is C24H18N4O4. The Bertz CT molecular complexity index is 1170. The molecule has 2 saturated carbocycles. The standard InChI is InChI=1S/C24H18N4O4/c29-21-17-11-7-8-12(18(17)22(30)27(21)13-5-1-3-9-25-13)16-15(11)19-20(16)24(32)28(23(19)31)14-6-2-4-10-26-14/h1-12,15-20H/t11-,12+,15-,16-,17+,18-,19-,20-/m0/s1. The Balaban J connectivity index is 1.27. The number of nitrogens with zero attached hydrogens (tertiary/aromatic N) is 4. The third kappa shape index (κ3) is 1.94. The fraction of sp³-hybridized carbons (Fsp3) is 0.333. The fourth-order valence-electron chi connectivity index (χ4n) is 7.02. The second kappa shape index (κ2) is 5.97. The number of amides is 4. The summed E-state index contributed by atoms with van der Waals surface area (Å²) in [4.78, 5) is 64.2. The van der Waals surface area contributed by atoms with Crippen LogP contribution in [0.25, 0.3) is 0 Å². The summed E-state index contributed by atoms with van der Waals surface area (Å²) in [5.41, 5.74) is 0. The highest BCUT2D eigenvalue weighted by molar-refractivity contribution is 6.24. The minimum absolute atomic E-state index is 0.109. The molecule has 2 bridgehead atoms. The van der Waals surface area contributed by atoms with Crippen molar-refractivity contribution < 1.29 is 19.2 Å². The van der Waals surface area contributed by atoms with Gasteiger partial charge in [0.05, 0.1) is 23.7 Å². The molecule has 6 aliphatic rings. The summed E-state index contributed by atoms with van der Waals surface area (Å²) in [6, 6.07) is 10.3. The maximum absolute atomic E-state index is 13.4. The summed E-state index contributed by atoms with van der Waals surface area (Å²) in [6.45, 7) is 0. The van der Waals surface area contributed by atoms with Gasteiger partial charge in [-0.3, -0.25) is 19.2 Å². The van der Waals surface area contributed by atoms with E-state index in [0.717, 1.165) is 0 Å². The lowest BCUT2D eigenvalue weighted by Gasteiger charge is -2.60. The highest BCUT2D eigenvalue weighted by atomic mass is 16.2. The molecule has 2 aromatic rings. The lowest BCUT2D eigenvalue weighted by molar-refractivity contribution is -0.166. The van der Waals surface area contributed by atoms with Crippen LogP contribution in [0.5, 0.6) is 0 Å². The minimum atomic E-state index is -0.506. The predicted octanol–water partition coefficient (Wildman–Crippen LogP) is 1.45. The van der Waals surface area contributed by atoms with Gasteiger partial charge in [0.1, 0.15) is 11.6 Å². The monoisotopic (exact) mass is 426 g/mol. The number of allylic oxidation sites excluding steroid dienone is 2. The van der Waals surface area contributed by atoms with Crippen molar-refractivity contribution >= 4 is 35.3 Å². The molecule has 4 amide bonds. The molecular weight excluding hydrogens is 408 g/mol. The number of hydrogen-bond donors (Lipinski definition) is 0. The smallest absolute Gasteiger partial charge is 0.239 e. The predicted molar refractivity (Wildman–Crippen MR) is 111 cm³/mol. The summed E-state index contributed by atoms with van der Waals surface area (Å²) < 4.78 is 0. The van der Waals surface area contributed by atoms with Crippen LogP contribution in [0, 0.1) is 47.3 Å². The number of fused-ring (bicyclic) bond motifs is 1. The van der Waals surface area contributed by atoms with E-state index in [1.165, 1.54) is 9.80 Å². The van der Waals surface area contributed by atoms with Crippen LogP contribution in [-0.4, -0.2) is 33.6 Å². The Hall–Kier alpha value is -3.68. The first kappa shape index (κ1) is 17.9. The molecule has 2 aromatic heterocycles. The Morgan fingerprint density at radius 1 is 0.562 bits per heavy atom. The molecule has 0 N–H and O–H groups in total.